The van der Waals surface area contributed by atoms with Crippen LogP contribution in [0.15, 0.2) is 18.2 Å². The van der Waals surface area contributed by atoms with Gasteiger partial charge in [-0.3, -0.25) is 0 Å². The van der Waals surface area contributed by atoms with Crippen molar-refractivity contribution < 1.29 is 9.47 Å². The van der Waals surface area contributed by atoms with Gasteiger partial charge in [0.25, 0.3) is 0 Å². The standard InChI is InChI=1S/C13H16N2O2S/c1-8-12(18-13(14)15-8)7-9-4-5-10(16-2)11(6-9)17-3/h4-6H,7H2,1-3H3,(H2,14,15). The molecule has 0 amide bonds. The zero-order valence-corrected chi connectivity index (χ0v) is 11.5. The molecule has 1 aromatic carbocycles. The van der Waals surface area contributed by atoms with Gasteiger partial charge < -0.3 is 15.2 Å². The molecule has 0 saturated carbocycles. The van der Waals surface area contributed by atoms with Gasteiger partial charge in [-0.15, -0.1) is 11.3 Å². The van der Waals surface area contributed by atoms with Crippen LogP contribution in [0.5, 0.6) is 11.5 Å². The van der Waals surface area contributed by atoms with Gasteiger partial charge in [-0.2, -0.15) is 0 Å². The second-order valence-electron chi connectivity index (χ2n) is 3.93. The molecular weight excluding hydrogens is 248 g/mol. The first-order chi connectivity index (χ1) is 8.63. The number of hydrogen-bond donors (Lipinski definition) is 1. The third-order valence-corrected chi connectivity index (χ3v) is 3.71. The Morgan fingerprint density at radius 3 is 2.50 bits per heavy atom. The zero-order valence-electron chi connectivity index (χ0n) is 10.7. The van der Waals surface area contributed by atoms with Crippen molar-refractivity contribution in [3.8, 4) is 11.5 Å². The molecule has 96 valence electrons. The molecule has 0 fully saturated rings. The largest absolute Gasteiger partial charge is 0.493 e. The van der Waals surface area contributed by atoms with Crippen LogP contribution in [0.1, 0.15) is 16.1 Å². The number of hydrogen-bond acceptors (Lipinski definition) is 5. The number of nitrogen functional groups attached to an aromatic ring is 1. The normalized spacial score (nSPS) is 10.4. The minimum atomic E-state index is 0.614. The summed E-state index contributed by atoms with van der Waals surface area (Å²) in [5.74, 6) is 1.48. The van der Waals surface area contributed by atoms with E-state index in [0.717, 1.165) is 29.2 Å². The average molecular weight is 264 g/mol. The summed E-state index contributed by atoms with van der Waals surface area (Å²) in [5.41, 5.74) is 7.84. The highest BCUT2D eigenvalue weighted by Crippen LogP contribution is 2.30. The van der Waals surface area contributed by atoms with Gasteiger partial charge in [-0.1, -0.05) is 6.07 Å². The van der Waals surface area contributed by atoms with Crippen LogP contribution in [0.25, 0.3) is 0 Å². The van der Waals surface area contributed by atoms with Crippen LogP contribution < -0.4 is 15.2 Å². The van der Waals surface area contributed by atoms with Gasteiger partial charge in [-0.25, -0.2) is 4.98 Å². The Morgan fingerprint density at radius 1 is 1.22 bits per heavy atom. The molecule has 5 heteroatoms. The van der Waals surface area contributed by atoms with Gasteiger partial charge in [0, 0.05) is 11.3 Å². The molecule has 0 bridgehead atoms. The minimum absolute atomic E-state index is 0.614. The molecule has 18 heavy (non-hydrogen) atoms. The van der Waals surface area contributed by atoms with E-state index in [1.54, 1.807) is 14.2 Å². The highest BCUT2D eigenvalue weighted by Gasteiger charge is 2.09. The number of nitrogens with zero attached hydrogens (tertiary/aromatic N) is 1. The molecule has 2 N–H and O–H groups in total. The Bertz CT molecular complexity index is 552. The van der Waals surface area contributed by atoms with Gasteiger partial charge in [0.15, 0.2) is 16.6 Å². The van der Waals surface area contributed by atoms with Crippen LogP contribution in [-0.2, 0) is 6.42 Å². The Morgan fingerprint density at radius 2 is 1.94 bits per heavy atom. The number of nitrogens with two attached hydrogens (primary N) is 1. The molecule has 4 nitrogen and oxygen atoms in total. The number of methoxy groups -OCH3 is 2. The molecule has 0 atom stereocenters. The molecule has 0 saturated heterocycles. The highest BCUT2D eigenvalue weighted by molar-refractivity contribution is 7.15. The summed E-state index contributed by atoms with van der Waals surface area (Å²) < 4.78 is 10.5. The number of benzene rings is 1. The van der Waals surface area contributed by atoms with Crippen LogP contribution in [-0.4, -0.2) is 19.2 Å². The van der Waals surface area contributed by atoms with Crippen molar-refractivity contribution in [3.05, 3.63) is 34.3 Å². The quantitative estimate of drug-likeness (QED) is 0.922. The fraction of sp³-hybridized carbons (Fsp3) is 0.308. The smallest absolute Gasteiger partial charge is 0.180 e. The Balaban J connectivity index is 2.27. The van der Waals surface area contributed by atoms with E-state index < -0.39 is 0 Å². The number of ether oxygens (including phenoxy) is 2. The van der Waals surface area contributed by atoms with E-state index in [4.69, 9.17) is 15.2 Å². The second-order valence-corrected chi connectivity index (χ2v) is 5.04. The number of thiazole rings is 1. The fourth-order valence-electron chi connectivity index (χ4n) is 1.79. The lowest BCUT2D eigenvalue weighted by Crippen LogP contribution is -1.93. The molecule has 1 aromatic heterocycles. The van der Waals surface area contributed by atoms with Gasteiger partial charge in [0.2, 0.25) is 0 Å². The maximum Gasteiger partial charge on any atom is 0.180 e. The summed E-state index contributed by atoms with van der Waals surface area (Å²) in [4.78, 5) is 5.40. The number of rotatable bonds is 4. The lowest BCUT2D eigenvalue weighted by molar-refractivity contribution is 0.354. The molecule has 0 aliphatic rings. The van der Waals surface area contributed by atoms with Crippen LogP contribution in [0.3, 0.4) is 0 Å². The third-order valence-electron chi connectivity index (χ3n) is 2.72. The van der Waals surface area contributed by atoms with Crippen molar-refractivity contribution in [3.63, 3.8) is 0 Å². The van der Waals surface area contributed by atoms with Crippen LogP contribution in [0.4, 0.5) is 5.13 Å². The first-order valence-corrected chi connectivity index (χ1v) is 6.38. The summed E-state index contributed by atoms with van der Waals surface area (Å²) in [6, 6.07) is 5.92. The zero-order chi connectivity index (χ0) is 13.1. The van der Waals surface area contributed by atoms with Crippen molar-refractivity contribution >= 4 is 16.5 Å². The van der Waals surface area contributed by atoms with Gasteiger partial charge in [0.1, 0.15) is 0 Å². The molecule has 0 aliphatic carbocycles. The Hall–Kier alpha value is -1.75. The summed E-state index contributed by atoms with van der Waals surface area (Å²) in [5, 5.41) is 0.614. The van der Waals surface area contributed by atoms with Gasteiger partial charge in [-0.05, 0) is 24.6 Å². The maximum absolute atomic E-state index is 5.70. The predicted molar refractivity (Wildman–Crippen MR) is 73.6 cm³/mol. The summed E-state index contributed by atoms with van der Waals surface area (Å²) in [6.07, 6.45) is 0.807. The Labute approximate surface area is 110 Å². The lowest BCUT2D eigenvalue weighted by atomic mass is 10.1. The Kier molecular flexibility index (Phi) is 3.72. The van der Waals surface area contributed by atoms with Crippen molar-refractivity contribution in [2.45, 2.75) is 13.3 Å². The van der Waals surface area contributed by atoms with Gasteiger partial charge in [0.05, 0.1) is 19.9 Å². The van der Waals surface area contributed by atoms with Gasteiger partial charge >= 0.3 is 0 Å². The summed E-state index contributed by atoms with van der Waals surface area (Å²) >= 11 is 1.53. The first-order valence-electron chi connectivity index (χ1n) is 5.56. The van der Waals surface area contributed by atoms with Crippen LogP contribution in [0.2, 0.25) is 0 Å². The lowest BCUT2D eigenvalue weighted by Gasteiger charge is -2.09. The number of aromatic nitrogens is 1. The summed E-state index contributed by atoms with van der Waals surface area (Å²) in [7, 11) is 3.27. The number of anilines is 1. The van der Waals surface area contributed by atoms with E-state index in [1.807, 2.05) is 25.1 Å². The summed E-state index contributed by atoms with van der Waals surface area (Å²) in [6.45, 7) is 1.98. The molecule has 0 aliphatic heterocycles. The maximum atomic E-state index is 5.70. The van der Waals surface area contributed by atoms with Crippen molar-refractivity contribution in [1.82, 2.24) is 4.98 Å². The van der Waals surface area contributed by atoms with E-state index in [0.29, 0.717) is 5.13 Å². The second kappa shape index (κ2) is 5.27. The molecular formula is C13H16N2O2S. The van der Waals surface area contributed by atoms with Crippen LogP contribution in [0, 0.1) is 6.92 Å². The van der Waals surface area contributed by atoms with E-state index in [2.05, 4.69) is 4.98 Å². The molecule has 0 spiro atoms. The topological polar surface area (TPSA) is 57.4 Å². The van der Waals surface area contributed by atoms with E-state index in [1.165, 1.54) is 16.2 Å². The van der Waals surface area contributed by atoms with E-state index in [-0.39, 0.29) is 0 Å². The molecule has 2 aromatic rings. The molecule has 1 heterocycles. The van der Waals surface area contributed by atoms with Crippen molar-refractivity contribution in [2.24, 2.45) is 0 Å². The van der Waals surface area contributed by atoms with Crippen molar-refractivity contribution in [1.29, 1.82) is 0 Å². The van der Waals surface area contributed by atoms with Crippen molar-refractivity contribution in [2.75, 3.05) is 20.0 Å². The minimum Gasteiger partial charge on any atom is -0.493 e. The SMILES string of the molecule is COc1ccc(Cc2sc(N)nc2C)cc1OC. The first kappa shape index (κ1) is 12.7. The monoisotopic (exact) mass is 264 g/mol. The van der Waals surface area contributed by atoms with E-state index in [9.17, 15) is 0 Å². The van der Waals surface area contributed by atoms with E-state index >= 15 is 0 Å². The number of aryl methyl sites for hydroxylation is 1. The highest BCUT2D eigenvalue weighted by atomic mass is 32.1. The fourth-order valence-corrected chi connectivity index (χ4v) is 2.66. The molecule has 0 unspecified atom stereocenters. The predicted octanol–water partition coefficient (Wildman–Crippen LogP) is 2.64. The average Bonchev–Trinajstić information content (AvgIpc) is 2.67. The molecule has 2 rings (SSSR count). The third kappa shape index (κ3) is 2.56. The molecule has 0 radical (unpaired) electrons. The van der Waals surface area contributed by atoms with Crippen LogP contribution >= 0.6 is 11.3 Å².